The molecule has 1 atom stereocenters. The van der Waals surface area contributed by atoms with Gasteiger partial charge in [0.25, 0.3) is 0 Å². The van der Waals surface area contributed by atoms with Crippen molar-refractivity contribution in [3.8, 4) is 0 Å². The lowest BCUT2D eigenvalue weighted by atomic mass is 9.98. The highest BCUT2D eigenvalue weighted by Crippen LogP contribution is 2.16. The number of benzene rings is 1. The van der Waals surface area contributed by atoms with Crippen LogP contribution in [0.5, 0.6) is 0 Å². The Kier molecular flexibility index (Phi) is 6.05. The molecule has 1 aromatic carbocycles. The third-order valence-electron chi connectivity index (χ3n) is 3.96. The Hall–Kier alpha value is -1.55. The summed E-state index contributed by atoms with van der Waals surface area (Å²) in [6, 6.07) is 10.4. The standard InChI is InChI=1S/C17H27N3O/c1-19(2)13-16-9-6-12-20(14-16)17(21)18-11-10-15-7-4-3-5-8-15/h3-5,7-8,16H,6,9-14H2,1-2H3,(H,18,21). The van der Waals surface area contributed by atoms with Gasteiger partial charge < -0.3 is 15.1 Å². The van der Waals surface area contributed by atoms with E-state index < -0.39 is 0 Å². The number of nitrogens with zero attached hydrogens (tertiary/aromatic N) is 2. The molecule has 0 aliphatic carbocycles. The minimum absolute atomic E-state index is 0.0920. The molecular formula is C17H27N3O. The fourth-order valence-corrected chi connectivity index (χ4v) is 2.99. The molecule has 1 unspecified atom stereocenters. The van der Waals surface area contributed by atoms with Gasteiger partial charge in [0.15, 0.2) is 0 Å². The van der Waals surface area contributed by atoms with E-state index in [9.17, 15) is 4.79 Å². The zero-order valence-corrected chi connectivity index (χ0v) is 13.2. The molecule has 0 aromatic heterocycles. The first kappa shape index (κ1) is 15.8. The van der Waals surface area contributed by atoms with Crippen molar-refractivity contribution < 1.29 is 4.79 Å². The lowest BCUT2D eigenvalue weighted by Gasteiger charge is -2.34. The van der Waals surface area contributed by atoms with E-state index in [0.717, 1.165) is 32.5 Å². The summed E-state index contributed by atoms with van der Waals surface area (Å²) < 4.78 is 0. The second-order valence-corrected chi connectivity index (χ2v) is 6.18. The molecule has 0 saturated carbocycles. The molecule has 2 rings (SSSR count). The van der Waals surface area contributed by atoms with E-state index in [0.29, 0.717) is 12.5 Å². The normalized spacial score (nSPS) is 18.8. The number of hydrogen-bond donors (Lipinski definition) is 1. The molecule has 1 saturated heterocycles. The van der Waals surface area contributed by atoms with Crippen LogP contribution in [0, 0.1) is 5.92 Å². The Morgan fingerprint density at radius 3 is 2.81 bits per heavy atom. The number of urea groups is 1. The Morgan fingerprint density at radius 1 is 1.33 bits per heavy atom. The van der Waals surface area contributed by atoms with Crippen molar-refractivity contribution in [3.05, 3.63) is 35.9 Å². The maximum Gasteiger partial charge on any atom is 0.317 e. The smallest absolute Gasteiger partial charge is 0.317 e. The third-order valence-corrected chi connectivity index (χ3v) is 3.96. The number of nitrogens with one attached hydrogen (secondary N) is 1. The molecule has 4 heteroatoms. The van der Waals surface area contributed by atoms with Gasteiger partial charge in [0, 0.05) is 26.2 Å². The number of likely N-dealkylation sites (tertiary alicyclic amines) is 1. The average Bonchev–Trinajstić information content (AvgIpc) is 2.48. The predicted molar refractivity (Wildman–Crippen MR) is 86.4 cm³/mol. The van der Waals surface area contributed by atoms with E-state index in [1.54, 1.807) is 0 Å². The van der Waals surface area contributed by atoms with Gasteiger partial charge in [-0.2, -0.15) is 0 Å². The predicted octanol–water partition coefficient (Wildman–Crippen LogP) is 2.21. The van der Waals surface area contributed by atoms with E-state index in [1.807, 2.05) is 23.1 Å². The second kappa shape index (κ2) is 8.03. The Balaban J connectivity index is 1.72. The first-order valence-electron chi connectivity index (χ1n) is 7.86. The number of amides is 2. The van der Waals surface area contributed by atoms with E-state index in [2.05, 4.69) is 36.4 Å². The molecule has 1 aliphatic rings. The molecule has 0 radical (unpaired) electrons. The van der Waals surface area contributed by atoms with E-state index in [1.165, 1.54) is 12.0 Å². The Bertz CT molecular complexity index is 433. The highest BCUT2D eigenvalue weighted by atomic mass is 16.2. The largest absolute Gasteiger partial charge is 0.338 e. The van der Waals surface area contributed by atoms with Crippen LogP contribution in [0.4, 0.5) is 4.79 Å². The highest BCUT2D eigenvalue weighted by Gasteiger charge is 2.23. The van der Waals surface area contributed by atoms with Crippen molar-refractivity contribution in [2.75, 3.05) is 40.3 Å². The van der Waals surface area contributed by atoms with Crippen molar-refractivity contribution in [1.29, 1.82) is 0 Å². The SMILES string of the molecule is CN(C)CC1CCCN(C(=O)NCCc2ccccc2)C1. The number of piperidine rings is 1. The van der Waals surface area contributed by atoms with Crippen LogP contribution in [0.25, 0.3) is 0 Å². The van der Waals surface area contributed by atoms with Gasteiger partial charge in [-0.25, -0.2) is 4.79 Å². The maximum atomic E-state index is 12.2. The summed E-state index contributed by atoms with van der Waals surface area (Å²) in [5, 5.41) is 3.05. The molecule has 1 aromatic rings. The zero-order valence-electron chi connectivity index (χ0n) is 13.2. The molecule has 0 bridgehead atoms. The Morgan fingerprint density at radius 2 is 2.10 bits per heavy atom. The van der Waals surface area contributed by atoms with Gasteiger partial charge in [-0.1, -0.05) is 30.3 Å². The number of rotatable bonds is 5. The van der Waals surface area contributed by atoms with Gasteiger partial charge in [-0.3, -0.25) is 0 Å². The first-order valence-corrected chi connectivity index (χ1v) is 7.86. The molecule has 2 amide bonds. The van der Waals surface area contributed by atoms with Crippen LogP contribution in [0.15, 0.2) is 30.3 Å². The van der Waals surface area contributed by atoms with Crippen LogP contribution in [0.2, 0.25) is 0 Å². The summed E-state index contributed by atoms with van der Waals surface area (Å²) in [4.78, 5) is 16.4. The van der Waals surface area contributed by atoms with E-state index in [4.69, 9.17) is 0 Å². The van der Waals surface area contributed by atoms with Crippen LogP contribution in [0.1, 0.15) is 18.4 Å². The number of carbonyl (C=O) groups is 1. The lowest BCUT2D eigenvalue weighted by Crippen LogP contribution is -2.47. The molecule has 1 aliphatic heterocycles. The summed E-state index contributed by atoms with van der Waals surface area (Å²) in [7, 11) is 4.19. The maximum absolute atomic E-state index is 12.2. The summed E-state index contributed by atoms with van der Waals surface area (Å²) >= 11 is 0. The molecule has 116 valence electrons. The quantitative estimate of drug-likeness (QED) is 0.902. The molecule has 1 N–H and O–H groups in total. The van der Waals surface area contributed by atoms with Crippen LogP contribution < -0.4 is 5.32 Å². The van der Waals surface area contributed by atoms with Crippen molar-refractivity contribution in [3.63, 3.8) is 0 Å². The minimum atomic E-state index is 0.0920. The third kappa shape index (κ3) is 5.38. The first-order chi connectivity index (χ1) is 10.1. The topological polar surface area (TPSA) is 35.6 Å². The van der Waals surface area contributed by atoms with Gasteiger partial charge in [-0.05, 0) is 44.8 Å². The van der Waals surface area contributed by atoms with E-state index in [-0.39, 0.29) is 6.03 Å². The summed E-state index contributed by atoms with van der Waals surface area (Å²) in [6.07, 6.45) is 3.23. The number of hydrogen-bond acceptors (Lipinski definition) is 2. The Labute approximate surface area is 128 Å². The molecule has 21 heavy (non-hydrogen) atoms. The fraction of sp³-hybridized carbons (Fsp3) is 0.588. The molecule has 4 nitrogen and oxygen atoms in total. The minimum Gasteiger partial charge on any atom is -0.338 e. The van der Waals surface area contributed by atoms with Gasteiger partial charge in [-0.15, -0.1) is 0 Å². The molecule has 1 fully saturated rings. The van der Waals surface area contributed by atoms with Gasteiger partial charge >= 0.3 is 6.03 Å². The summed E-state index contributed by atoms with van der Waals surface area (Å²) in [6.45, 7) is 3.54. The van der Waals surface area contributed by atoms with Crippen LogP contribution in [-0.2, 0) is 6.42 Å². The monoisotopic (exact) mass is 289 g/mol. The molecule has 1 heterocycles. The van der Waals surface area contributed by atoms with Gasteiger partial charge in [0.05, 0.1) is 0 Å². The lowest BCUT2D eigenvalue weighted by molar-refractivity contribution is 0.153. The van der Waals surface area contributed by atoms with Gasteiger partial charge in [0.1, 0.15) is 0 Å². The van der Waals surface area contributed by atoms with Crippen molar-refractivity contribution in [2.45, 2.75) is 19.3 Å². The van der Waals surface area contributed by atoms with Crippen molar-refractivity contribution in [1.82, 2.24) is 15.1 Å². The number of carbonyl (C=O) groups excluding carboxylic acids is 1. The highest BCUT2D eigenvalue weighted by molar-refractivity contribution is 5.74. The molecular weight excluding hydrogens is 262 g/mol. The van der Waals surface area contributed by atoms with Crippen molar-refractivity contribution >= 4 is 6.03 Å². The van der Waals surface area contributed by atoms with Crippen LogP contribution >= 0.6 is 0 Å². The molecule has 0 spiro atoms. The average molecular weight is 289 g/mol. The summed E-state index contributed by atoms with van der Waals surface area (Å²) in [5.41, 5.74) is 1.27. The van der Waals surface area contributed by atoms with Crippen LogP contribution in [-0.4, -0.2) is 56.1 Å². The van der Waals surface area contributed by atoms with E-state index >= 15 is 0 Å². The van der Waals surface area contributed by atoms with Crippen molar-refractivity contribution in [2.24, 2.45) is 5.92 Å². The second-order valence-electron chi connectivity index (χ2n) is 6.18. The van der Waals surface area contributed by atoms with Gasteiger partial charge in [0.2, 0.25) is 0 Å². The van der Waals surface area contributed by atoms with Crippen LogP contribution in [0.3, 0.4) is 0 Å². The summed E-state index contributed by atoms with van der Waals surface area (Å²) in [5.74, 6) is 0.605. The zero-order chi connectivity index (χ0) is 15.1. The fourth-order valence-electron chi connectivity index (χ4n) is 2.99.